The highest BCUT2D eigenvalue weighted by Crippen LogP contribution is 2.43. The number of aromatic nitrogens is 4. The molecular formula is C55H32N4OS. The maximum absolute atomic E-state index is 6.75. The van der Waals surface area contributed by atoms with Crippen LogP contribution in [0, 0.1) is 0 Å². The van der Waals surface area contributed by atoms with Gasteiger partial charge < -0.3 is 4.42 Å². The first-order valence-electron chi connectivity index (χ1n) is 20.4. The molecule has 4 heterocycles. The Morgan fingerprint density at radius 2 is 1.08 bits per heavy atom. The van der Waals surface area contributed by atoms with Crippen molar-refractivity contribution in [2.24, 2.45) is 0 Å². The van der Waals surface area contributed by atoms with Gasteiger partial charge in [0.2, 0.25) is 5.95 Å². The van der Waals surface area contributed by atoms with Gasteiger partial charge in [0.25, 0.3) is 0 Å². The predicted molar refractivity (Wildman–Crippen MR) is 254 cm³/mol. The molecule has 9 aromatic carbocycles. The fourth-order valence-corrected chi connectivity index (χ4v) is 10.4. The molecule has 0 radical (unpaired) electrons. The van der Waals surface area contributed by atoms with Gasteiger partial charge in [0.05, 0.1) is 11.0 Å². The molecule has 0 saturated carbocycles. The van der Waals surface area contributed by atoms with Gasteiger partial charge in [-0.3, -0.25) is 4.57 Å². The van der Waals surface area contributed by atoms with Crippen LogP contribution in [0.5, 0.6) is 0 Å². The molecule has 0 aliphatic rings. The van der Waals surface area contributed by atoms with E-state index in [1.807, 2.05) is 35.6 Å². The molecule has 0 aliphatic carbocycles. The molecule has 0 saturated heterocycles. The molecule has 284 valence electrons. The van der Waals surface area contributed by atoms with E-state index in [-0.39, 0.29) is 0 Å². The maximum atomic E-state index is 6.75. The molecule has 0 bridgehead atoms. The second-order valence-electron chi connectivity index (χ2n) is 15.5. The highest BCUT2D eigenvalue weighted by atomic mass is 32.1. The van der Waals surface area contributed by atoms with E-state index < -0.39 is 0 Å². The average molecular weight is 797 g/mol. The molecule has 0 amide bonds. The van der Waals surface area contributed by atoms with Crippen LogP contribution in [0.1, 0.15) is 0 Å². The van der Waals surface area contributed by atoms with Crippen LogP contribution in [0.3, 0.4) is 0 Å². The number of thiophene rings is 1. The van der Waals surface area contributed by atoms with Gasteiger partial charge in [-0.2, -0.15) is 9.97 Å². The lowest BCUT2D eigenvalue weighted by Crippen LogP contribution is -2.07. The molecule has 13 rings (SSSR count). The zero-order chi connectivity index (χ0) is 40.0. The Bertz CT molecular complexity index is 3880. The Kier molecular flexibility index (Phi) is 7.41. The number of fused-ring (bicyclic) bond motifs is 11. The fraction of sp³-hybridized carbons (Fsp3) is 0. The van der Waals surface area contributed by atoms with Gasteiger partial charge in [-0.25, -0.2) is 4.98 Å². The predicted octanol–water partition coefficient (Wildman–Crippen LogP) is 15.1. The van der Waals surface area contributed by atoms with Crippen LogP contribution in [0.2, 0.25) is 0 Å². The molecule has 0 fully saturated rings. The van der Waals surface area contributed by atoms with Crippen molar-refractivity contribution >= 4 is 86.0 Å². The maximum Gasteiger partial charge on any atom is 0.238 e. The first kappa shape index (κ1) is 34.0. The normalized spacial score (nSPS) is 11.9. The number of nitrogens with zero attached hydrogens (tertiary/aromatic N) is 4. The van der Waals surface area contributed by atoms with Gasteiger partial charge in [-0.05, 0) is 58.3 Å². The summed E-state index contributed by atoms with van der Waals surface area (Å²) >= 11 is 1.84. The molecule has 61 heavy (non-hydrogen) atoms. The van der Waals surface area contributed by atoms with E-state index >= 15 is 0 Å². The molecule has 4 aromatic heterocycles. The van der Waals surface area contributed by atoms with Crippen LogP contribution in [0.15, 0.2) is 199 Å². The summed E-state index contributed by atoms with van der Waals surface area (Å²) in [5.41, 5.74) is 9.94. The number of hydrogen-bond acceptors (Lipinski definition) is 5. The zero-order valence-electron chi connectivity index (χ0n) is 32.6. The summed E-state index contributed by atoms with van der Waals surface area (Å²) in [5, 5.41) is 9.38. The summed E-state index contributed by atoms with van der Waals surface area (Å²) in [6.07, 6.45) is 0. The Morgan fingerprint density at radius 3 is 1.93 bits per heavy atom. The van der Waals surface area contributed by atoms with Gasteiger partial charge in [0.1, 0.15) is 11.2 Å². The first-order valence-corrected chi connectivity index (χ1v) is 21.2. The summed E-state index contributed by atoms with van der Waals surface area (Å²) in [5.74, 6) is 1.79. The van der Waals surface area contributed by atoms with Crippen molar-refractivity contribution in [2.75, 3.05) is 0 Å². The monoisotopic (exact) mass is 796 g/mol. The molecule has 0 atom stereocenters. The van der Waals surface area contributed by atoms with E-state index in [4.69, 9.17) is 19.4 Å². The lowest BCUT2D eigenvalue weighted by atomic mass is 9.99. The SMILES string of the molecule is c1ccc(-c2nc(-c3ccc4sc5c6ccccc6ccc5c4c3)nc(-n3c4ccccc4c4cccc(-c5ccc6c(c5)oc5c(-c7ccccc7)cccc56)c43)n2)cc1. The number of benzene rings is 9. The molecule has 0 aliphatic heterocycles. The fourth-order valence-electron chi connectivity index (χ4n) is 9.22. The average Bonchev–Trinajstić information content (AvgIpc) is 4.01. The molecular weight excluding hydrogens is 765 g/mol. The minimum Gasteiger partial charge on any atom is -0.455 e. The Hall–Kier alpha value is -7.93. The van der Waals surface area contributed by atoms with Crippen LogP contribution in [-0.2, 0) is 0 Å². The third-order valence-corrected chi connectivity index (χ3v) is 13.3. The number of hydrogen-bond donors (Lipinski definition) is 0. The van der Waals surface area contributed by atoms with Crippen molar-refractivity contribution < 1.29 is 4.42 Å². The van der Waals surface area contributed by atoms with Crippen molar-refractivity contribution in [1.29, 1.82) is 0 Å². The lowest BCUT2D eigenvalue weighted by Gasteiger charge is -2.13. The smallest absolute Gasteiger partial charge is 0.238 e. The van der Waals surface area contributed by atoms with E-state index in [1.54, 1.807) is 0 Å². The molecule has 0 spiro atoms. The van der Waals surface area contributed by atoms with E-state index in [9.17, 15) is 0 Å². The number of para-hydroxylation sites is 3. The van der Waals surface area contributed by atoms with Gasteiger partial charge in [0.15, 0.2) is 11.6 Å². The first-order chi connectivity index (χ1) is 30.2. The minimum absolute atomic E-state index is 0.557. The van der Waals surface area contributed by atoms with Crippen molar-refractivity contribution in [1.82, 2.24) is 19.5 Å². The number of furan rings is 1. The van der Waals surface area contributed by atoms with E-state index in [2.05, 4.69) is 174 Å². The summed E-state index contributed by atoms with van der Waals surface area (Å²) in [7, 11) is 0. The number of rotatable bonds is 5. The Labute approximate surface area is 353 Å². The van der Waals surface area contributed by atoms with Crippen molar-refractivity contribution in [2.45, 2.75) is 0 Å². The molecule has 0 unspecified atom stereocenters. The molecule has 5 nitrogen and oxygen atoms in total. The summed E-state index contributed by atoms with van der Waals surface area (Å²) in [6.45, 7) is 0. The lowest BCUT2D eigenvalue weighted by molar-refractivity contribution is 0.670. The largest absolute Gasteiger partial charge is 0.455 e. The summed E-state index contributed by atoms with van der Waals surface area (Å²) < 4.78 is 11.5. The van der Waals surface area contributed by atoms with Crippen molar-refractivity contribution in [3.05, 3.63) is 194 Å². The topological polar surface area (TPSA) is 56.7 Å². The second-order valence-corrected chi connectivity index (χ2v) is 16.6. The van der Waals surface area contributed by atoms with Crippen LogP contribution in [0.25, 0.3) is 126 Å². The van der Waals surface area contributed by atoms with Crippen LogP contribution >= 0.6 is 11.3 Å². The molecule has 6 heteroatoms. The van der Waals surface area contributed by atoms with E-state index in [0.29, 0.717) is 17.6 Å². The third kappa shape index (κ3) is 5.29. The Morgan fingerprint density at radius 1 is 0.410 bits per heavy atom. The summed E-state index contributed by atoms with van der Waals surface area (Å²) in [4.78, 5) is 15.8. The van der Waals surface area contributed by atoms with Crippen molar-refractivity contribution in [3.63, 3.8) is 0 Å². The molecule has 13 aromatic rings. The highest BCUT2D eigenvalue weighted by molar-refractivity contribution is 7.26. The highest BCUT2D eigenvalue weighted by Gasteiger charge is 2.22. The molecule has 0 N–H and O–H groups in total. The third-order valence-electron chi connectivity index (χ3n) is 12.1. The van der Waals surface area contributed by atoms with Gasteiger partial charge in [0, 0.05) is 64.0 Å². The minimum atomic E-state index is 0.557. The van der Waals surface area contributed by atoms with E-state index in [1.165, 1.54) is 30.9 Å². The van der Waals surface area contributed by atoms with E-state index in [0.717, 1.165) is 77.1 Å². The van der Waals surface area contributed by atoms with Gasteiger partial charge in [-0.15, -0.1) is 11.3 Å². The van der Waals surface area contributed by atoms with Gasteiger partial charge >= 0.3 is 0 Å². The quantitative estimate of drug-likeness (QED) is 0.174. The van der Waals surface area contributed by atoms with Crippen molar-refractivity contribution in [3.8, 4) is 51.0 Å². The van der Waals surface area contributed by atoms with Crippen LogP contribution in [-0.4, -0.2) is 19.5 Å². The van der Waals surface area contributed by atoms with Crippen LogP contribution in [0.4, 0.5) is 0 Å². The second kappa shape index (κ2) is 13.3. The van der Waals surface area contributed by atoms with Crippen LogP contribution < -0.4 is 0 Å². The summed E-state index contributed by atoms with van der Waals surface area (Å²) in [6, 6.07) is 68.4. The standard InChI is InChI=1S/C55H32N4OS/c1-3-13-33(14-4-1)39-21-12-23-44-42-28-26-36(32-48(42)60-51(39)44)38-20-11-22-43-41-19-9-10-24-47(41)59(50(38)43)55-57-53(35-16-5-2-6-17-35)56-54(58-55)37-27-30-49-46(31-37)45-29-25-34-15-7-8-18-40(34)52(45)61-49/h1-32H. The van der Waals surface area contributed by atoms with Gasteiger partial charge in [-0.1, -0.05) is 158 Å². The zero-order valence-corrected chi connectivity index (χ0v) is 33.4. The Balaban J connectivity index is 1.04.